The van der Waals surface area contributed by atoms with E-state index >= 15 is 0 Å². The molecule has 4 aromatic carbocycles. The normalized spacial score (nSPS) is 11.7. The van der Waals surface area contributed by atoms with Gasteiger partial charge in [-0.1, -0.05) is 66.7 Å². The number of hydrogen-bond acceptors (Lipinski definition) is 6. The van der Waals surface area contributed by atoms with E-state index in [4.69, 9.17) is 9.40 Å². The van der Waals surface area contributed by atoms with Crippen molar-refractivity contribution in [2.75, 3.05) is 10.6 Å². The zero-order valence-electron chi connectivity index (χ0n) is 21.1. The molecule has 2 aromatic heterocycles. The summed E-state index contributed by atoms with van der Waals surface area (Å²) in [4.78, 5) is 31.4. The number of carbonyl (C=O) groups is 2. The molecule has 196 valence electrons. The van der Waals surface area contributed by atoms with Gasteiger partial charge in [-0.2, -0.15) is 0 Å². The molecule has 6 nitrogen and oxygen atoms in total. The van der Waals surface area contributed by atoms with Crippen LogP contribution in [-0.4, -0.2) is 16.8 Å². The second-order valence-electron chi connectivity index (χ2n) is 8.95. The van der Waals surface area contributed by atoms with Crippen LogP contribution < -0.4 is 10.6 Å². The molecule has 0 spiro atoms. The number of nitrogens with one attached hydrogen (secondary N) is 2. The summed E-state index contributed by atoms with van der Waals surface area (Å²) in [5.74, 6) is -0.241. The van der Waals surface area contributed by atoms with Crippen molar-refractivity contribution in [1.82, 2.24) is 4.98 Å². The van der Waals surface area contributed by atoms with Gasteiger partial charge in [-0.3, -0.25) is 9.59 Å². The molecule has 0 radical (unpaired) electrons. The van der Waals surface area contributed by atoms with Crippen molar-refractivity contribution in [2.24, 2.45) is 0 Å². The number of anilines is 2. The number of fused-ring (bicyclic) bond motifs is 1. The molecule has 6 rings (SSSR count). The molecule has 0 aliphatic heterocycles. The van der Waals surface area contributed by atoms with Gasteiger partial charge < -0.3 is 15.1 Å². The summed E-state index contributed by atoms with van der Waals surface area (Å²) in [6.45, 7) is 0. The van der Waals surface area contributed by atoms with E-state index in [1.165, 1.54) is 34.7 Å². The first-order valence-corrected chi connectivity index (χ1v) is 14.3. The average Bonchev–Trinajstić information content (AvgIpc) is 3.70. The molecule has 1 unspecified atom stereocenters. The van der Waals surface area contributed by atoms with Crippen LogP contribution in [0, 0.1) is 0 Å². The summed E-state index contributed by atoms with van der Waals surface area (Å²) in [5, 5.41) is 10.2. The summed E-state index contributed by atoms with van der Waals surface area (Å²) >= 11 is 2.84. The maximum absolute atomic E-state index is 13.5. The van der Waals surface area contributed by atoms with Crippen molar-refractivity contribution in [1.29, 1.82) is 0 Å². The van der Waals surface area contributed by atoms with Gasteiger partial charge in [0.15, 0.2) is 10.9 Å². The van der Waals surface area contributed by atoms with Crippen LogP contribution in [0.3, 0.4) is 0 Å². The van der Waals surface area contributed by atoms with E-state index in [0.717, 1.165) is 27.1 Å². The third kappa shape index (κ3) is 5.83. The van der Waals surface area contributed by atoms with E-state index < -0.39 is 5.25 Å². The molecule has 8 heteroatoms. The third-order valence-electron chi connectivity index (χ3n) is 6.23. The van der Waals surface area contributed by atoms with E-state index in [2.05, 4.69) is 34.9 Å². The third-order valence-corrected chi connectivity index (χ3v) is 8.26. The summed E-state index contributed by atoms with van der Waals surface area (Å²) in [5.41, 5.74) is 3.34. The van der Waals surface area contributed by atoms with Gasteiger partial charge in [0.25, 0.3) is 5.91 Å². The molecule has 0 saturated carbocycles. The molecule has 0 aliphatic rings. The number of carbonyl (C=O) groups excluding carboxylic acids is 2. The summed E-state index contributed by atoms with van der Waals surface area (Å²) in [7, 11) is 0. The van der Waals surface area contributed by atoms with Gasteiger partial charge in [-0.25, -0.2) is 4.98 Å². The van der Waals surface area contributed by atoms with E-state index in [9.17, 15) is 9.59 Å². The van der Waals surface area contributed by atoms with Gasteiger partial charge in [0, 0.05) is 21.5 Å². The van der Waals surface area contributed by atoms with Gasteiger partial charge in [0.1, 0.15) is 5.25 Å². The molecule has 2 amide bonds. The van der Waals surface area contributed by atoms with Gasteiger partial charge in [-0.15, -0.1) is 23.1 Å². The van der Waals surface area contributed by atoms with Crippen LogP contribution in [0.15, 0.2) is 130 Å². The highest BCUT2D eigenvalue weighted by molar-refractivity contribution is 8.00. The maximum Gasteiger partial charge on any atom is 0.291 e. The highest BCUT2D eigenvalue weighted by Gasteiger charge is 2.23. The Morgan fingerprint density at radius 3 is 2.35 bits per heavy atom. The molecule has 2 N–H and O–H groups in total. The Labute approximate surface area is 239 Å². The first-order valence-electron chi connectivity index (χ1n) is 12.5. The fourth-order valence-electron chi connectivity index (χ4n) is 4.24. The van der Waals surface area contributed by atoms with Crippen LogP contribution in [0.4, 0.5) is 10.8 Å². The van der Waals surface area contributed by atoms with Crippen molar-refractivity contribution in [3.63, 3.8) is 0 Å². The Bertz CT molecular complexity index is 1760. The molecule has 0 saturated heterocycles. The molecular formula is C32H23N3O3S2. The van der Waals surface area contributed by atoms with E-state index in [0.29, 0.717) is 10.8 Å². The minimum Gasteiger partial charge on any atom is -0.459 e. The lowest BCUT2D eigenvalue weighted by Crippen LogP contribution is -2.19. The number of thiazole rings is 1. The number of rotatable bonds is 8. The Hall–Kier alpha value is -4.66. The molecule has 6 aromatic rings. The minimum absolute atomic E-state index is 0.161. The number of thioether (sulfide) groups is 1. The molecule has 0 bridgehead atoms. The molecule has 0 aliphatic carbocycles. The number of hydrogen-bond donors (Lipinski definition) is 2. The zero-order valence-corrected chi connectivity index (χ0v) is 22.7. The zero-order chi connectivity index (χ0) is 27.3. The first kappa shape index (κ1) is 25.6. The number of benzene rings is 4. The van der Waals surface area contributed by atoms with E-state index in [1.54, 1.807) is 24.3 Å². The van der Waals surface area contributed by atoms with Gasteiger partial charge in [0.05, 0.1) is 12.0 Å². The average molecular weight is 562 g/mol. The standard InChI is InChI=1S/C32H23N3O3S2/c36-30(28-11-6-18-38-28)33-25-14-16-26(17-15-25)40-29(22-8-2-1-3-9-22)31(37)35-32-34-27(20-39-32)24-13-12-21-7-4-5-10-23(21)19-24/h1-20,29H,(H,33,36)(H,34,35,37). The Balaban J connectivity index is 1.18. The molecule has 40 heavy (non-hydrogen) atoms. The van der Waals surface area contributed by atoms with Crippen LogP contribution in [-0.2, 0) is 4.79 Å². The van der Waals surface area contributed by atoms with Crippen molar-refractivity contribution in [2.45, 2.75) is 10.1 Å². The van der Waals surface area contributed by atoms with Crippen molar-refractivity contribution in [3.8, 4) is 11.3 Å². The number of nitrogens with zero attached hydrogens (tertiary/aromatic N) is 1. The predicted molar refractivity (Wildman–Crippen MR) is 162 cm³/mol. The number of aromatic nitrogens is 1. The van der Waals surface area contributed by atoms with Crippen LogP contribution in [0.5, 0.6) is 0 Å². The number of amides is 2. The van der Waals surface area contributed by atoms with Crippen molar-refractivity contribution in [3.05, 3.63) is 132 Å². The van der Waals surface area contributed by atoms with Gasteiger partial charge >= 0.3 is 0 Å². The summed E-state index contributed by atoms with van der Waals surface area (Å²) in [6.07, 6.45) is 1.46. The molecule has 1 atom stereocenters. The maximum atomic E-state index is 13.5. The van der Waals surface area contributed by atoms with Gasteiger partial charge in [-0.05, 0) is 58.8 Å². The number of furan rings is 1. The largest absolute Gasteiger partial charge is 0.459 e. The topological polar surface area (TPSA) is 84.2 Å². The smallest absolute Gasteiger partial charge is 0.291 e. The lowest BCUT2D eigenvalue weighted by atomic mass is 10.1. The highest BCUT2D eigenvalue weighted by Crippen LogP contribution is 2.37. The summed E-state index contributed by atoms with van der Waals surface area (Å²) in [6, 6.07) is 34.7. The van der Waals surface area contributed by atoms with Crippen LogP contribution >= 0.6 is 23.1 Å². The Morgan fingerprint density at radius 2 is 1.57 bits per heavy atom. The van der Waals surface area contributed by atoms with Crippen LogP contribution in [0.1, 0.15) is 21.4 Å². The minimum atomic E-state index is -0.502. The first-order chi connectivity index (χ1) is 19.6. The quantitative estimate of drug-likeness (QED) is 0.183. The van der Waals surface area contributed by atoms with Crippen molar-refractivity contribution < 1.29 is 14.0 Å². The fourth-order valence-corrected chi connectivity index (χ4v) is 5.98. The van der Waals surface area contributed by atoms with E-state index in [-0.39, 0.29) is 17.6 Å². The van der Waals surface area contributed by atoms with Crippen LogP contribution in [0.25, 0.3) is 22.0 Å². The Morgan fingerprint density at radius 1 is 0.800 bits per heavy atom. The molecular weight excluding hydrogens is 539 g/mol. The van der Waals surface area contributed by atoms with Gasteiger partial charge in [0.2, 0.25) is 5.91 Å². The predicted octanol–water partition coefficient (Wildman–Crippen LogP) is 8.28. The summed E-state index contributed by atoms with van der Waals surface area (Å²) < 4.78 is 5.15. The highest BCUT2D eigenvalue weighted by atomic mass is 32.2. The fraction of sp³-hybridized carbons (Fsp3) is 0.0312. The SMILES string of the molecule is O=C(Nc1ccc(SC(C(=O)Nc2nc(-c3ccc4ccccc4c3)cs2)c2ccccc2)cc1)c1ccco1. The molecule has 2 heterocycles. The monoisotopic (exact) mass is 561 g/mol. The second-order valence-corrected chi connectivity index (χ2v) is 11.0. The van der Waals surface area contributed by atoms with Crippen molar-refractivity contribution >= 4 is 56.5 Å². The lowest BCUT2D eigenvalue weighted by Gasteiger charge is -2.16. The molecule has 0 fully saturated rings. The van der Waals surface area contributed by atoms with E-state index in [1.807, 2.05) is 66.0 Å². The lowest BCUT2D eigenvalue weighted by molar-refractivity contribution is -0.115. The Kier molecular flexibility index (Phi) is 7.43. The van der Waals surface area contributed by atoms with Crippen LogP contribution in [0.2, 0.25) is 0 Å². The second kappa shape index (κ2) is 11.6.